The summed E-state index contributed by atoms with van der Waals surface area (Å²) in [6.45, 7) is 1.14. The van der Waals surface area contributed by atoms with Crippen molar-refractivity contribution in [1.82, 2.24) is 0 Å². The third kappa shape index (κ3) is 3.37. The van der Waals surface area contributed by atoms with Crippen LogP contribution in [-0.4, -0.2) is 28.3 Å². The minimum atomic E-state index is -1.80. The van der Waals surface area contributed by atoms with Crippen LogP contribution in [0.15, 0.2) is 22.7 Å². The zero-order valence-electron chi connectivity index (χ0n) is 8.50. The van der Waals surface area contributed by atoms with Gasteiger partial charge in [0.15, 0.2) is 5.60 Å². The maximum Gasteiger partial charge on any atom is 0.337 e. The monoisotopic (exact) mass is 307 g/mol. The van der Waals surface area contributed by atoms with Crippen molar-refractivity contribution in [2.45, 2.75) is 12.5 Å². The highest BCUT2D eigenvalue weighted by molar-refractivity contribution is 9.10. The lowest BCUT2D eigenvalue weighted by atomic mass is 10.1. The largest absolute Gasteiger partial charge is 0.479 e. The highest BCUT2D eigenvalue weighted by Gasteiger charge is 2.29. The van der Waals surface area contributed by atoms with E-state index in [1.54, 1.807) is 18.2 Å². The maximum atomic E-state index is 10.6. The molecule has 0 bridgehead atoms. The Hall–Kier alpha value is -0.780. The first-order valence-corrected chi connectivity index (χ1v) is 5.65. The number of halogens is 2. The van der Waals surface area contributed by atoms with Crippen molar-refractivity contribution in [2.24, 2.45) is 0 Å². The van der Waals surface area contributed by atoms with Crippen LogP contribution in [0.4, 0.5) is 5.69 Å². The lowest BCUT2D eigenvalue weighted by Gasteiger charge is -2.19. The molecule has 0 aliphatic carbocycles. The Morgan fingerprint density at radius 1 is 1.62 bits per heavy atom. The van der Waals surface area contributed by atoms with E-state index < -0.39 is 11.6 Å². The fraction of sp³-hybridized carbons (Fsp3) is 0.300. The third-order valence-corrected chi connectivity index (χ3v) is 3.23. The summed E-state index contributed by atoms with van der Waals surface area (Å²) in [6, 6.07) is 5.08. The maximum absolute atomic E-state index is 10.6. The molecule has 0 heterocycles. The van der Waals surface area contributed by atoms with Gasteiger partial charge in [0, 0.05) is 10.2 Å². The summed E-state index contributed by atoms with van der Waals surface area (Å²) >= 11 is 9.05. The smallest absolute Gasteiger partial charge is 0.337 e. The van der Waals surface area contributed by atoms with E-state index in [1.165, 1.54) is 6.92 Å². The molecule has 0 aromatic heterocycles. The van der Waals surface area contributed by atoms with E-state index in [2.05, 4.69) is 21.2 Å². The molecule has 88 valence electrons. The molecule has 0 saturated heterocycles. The van der Waals surface area contributed by atoms with Crippen LogP contribution in [0.5, 0.6) is 0 Å². The minimum absolute atomic E-state index is 0.0869. The molecule has 16 heavy (non-hydrogen) atoms. The Kier molecular flexibility index (Phi) is 4.18. The Morgan fingerprint density at radius 2 is 2.25 bits per heavy atom. The second-order valence-electron chi connectivity index (χ2n) is 3.56. The van der Waals surface area contributed by atoms with Crippen molar-refractivity contribution in [3.05, 3.63) is 27.7 Å². The van der Waals surface area contributed by atoms with Gasteiger partial charge in [-0.2, -0.15) is 0 Å². The molecule has 3 N–H and O–H groups in total. The SMILES string of the molecule is CC(O)(CNc1ccc(Cl)c(Br)c1)C(=O)O. The van der Waals surface area contributed by atoms with Crippen molar-refractivity contribution in [2.75, 3.05) is 11.9 Å². The van der Waals surface area contributed by atoms with Gasteiger partial charge in [0.25, 0.3) is 0 Å². The Morgan fingerprint density at radius 3 is 2.75 bits per heavy atom. The normalized spacial score (nSPS) is 14.2. The average Bonchev–Trinajstić information content (AvgIpc) is 2.20. The van der Waals surface area contributed by atoms with E-state index in [-0.39, 0.29) is 6.54 Å². The topological polar surface area (TPSA) is 69.6 Å². The highest BCUT2D eigenvalue weighted by Crippen LogP contribution is 2.25. The number of anilines is 1. The molecular formula is C10H11BrClNO3. The molecule has 0 saturated carbocycles. The van der Waals surface area contributed by atoms with Crippen LogP contribution in [0.1, 0.15) is 6.92 Å². The molecule has 1 atom stereocenters. The molecule has 0 amide bonds. The summed E-state index contributed by atoms with van der Waals surface area (Å²) in [4.78, 5) is 10.6. The van der Waals surface area contributed by atoms with Gasteiger partial charge in [-0.3, -0.25) is 0 Å². The van der Waals surface area contributed by atoms with Gasteiger partial charge >= 0.3 is 5.97 Å². The first-order chi connectivity index (χ1) is 7.33. The first kappa shape index (κ1) is 13.3. The third-order valence-electron chi connectivity index (χ3n) is 2.02. The zero-order chi connectivity index (χ0) is 12.3. The predicted molar refractivity (Wildman–Crippen MR) is 65.9 cm³/mol. The van der Waals surface area contributed by atoms with Crippen molar-refractivity contribution >= 4 is 39.2 Å². The highest BCUT2D eigenvalue weighted by atomic mass is 79.9. The number of carbonyl (C=O) groups is 1. The standard InChI is InChI=1S/C10H11BrClNO3/c1-10(16,9(14)15)5-13-6-2-3-8(12)7(11)4-6/h2-4,13,16H,5H2,1H3,(H,14,15). The summed E-state index contributed by atoms with van der Waals surface area (Å²) in [6.07, 6.45) is 0. The molecule has 0 radical (unpaired) electrons. The molecule has 1 aromatic rings. The van der Waals surface area contributed by atoms with E-state index in [9.17, 15) is 9.90 Å². The molecule has 1 rings (SSSR count). The lowest BCUT2D eigenvalue weighted by Crippen LogP contribution is -2.41. The van der Waals surface area contributed by atoms with Gasteiger partial charge in [0.2, 0.25) is 0 Å². The Labute approximate surface area is 106 Å². The molecule has 0 aliphatic rings. The quantitative estimate of drug-likeness (QED) is 0.798. The van der Waals surface area contributed by atoms with Gasteiger partial charge in [-0.15, -0.1) is 0 Å². The number of aliphatic carboxylic acids is 1. The van der Waals surface area contributed by atoms with Crippen LogP contribution in [0, 0.1) is 0 Å². The van der Waals surface area contributed by atoms with Crippen molar-refractivity contribution < 1.29 is 15.0 Å². The van der Waals surface area contributed by atoms with Gasteiger partial charge in [-0.1, -0.05) is 11.6 Å². The Bertz CT molecular complexity index is 409. The molecule has 0 spiro atoms. The van der Waals surface area contributed by atoms with Crippen molar-refractivity contribution in [3.8, 4) is 0 Å². The zero-order valence-corrected chi connectivity index (χ0v) is 10.8. The first-order valence-electron chi connectivity index (χ1n) is 4.47. The second-order valence-corrected chi connectivity index (χ2v) is 4.82. The summed E-state index contributed by atoms with van der Waals surface area (Å²) in [7, 11) is 0. The van der Waals surface area contributed by atoms with Crippen LogP contribution in [0.2, 0.25) is 5.02 Å². The van der Waals surface area contributed by atoms with Gasteiger partial charge in [0.05, 0.1) is 11.6 Å². The van der Waals surface area contributed by atoms with Gasteiger partial charge < -0.3 is 15.5 Å². The molecule has 0 fully saturated rings. The number of hydrogen-bond acceptors (Lipinski definition) is 3. The number of rotatable bonds is 4. The molecule has 4 nitrogen and oxygen atoms in total. The van der Waals surface area contributed by atoms with Crippen LogP contribution >= 0.6 is 27.5 Å². The van der Waals surface area contributed by atoms with Gasteiger partial charge in [0.1, 0.15) is 0 Å². The number of benzene rings is 1. The number of nitrogens with one attached hydrogen (secondary N) is 1. The Balaban J connectivity index is 2.68. The lowest BCUT2D eigenvalue weighted by molar-refractivity contribution is -0.155. The molecule has 0 aliphatic heterocycles. The summed E-state index contributed by atoms with van der Waals surface area (Å²) < 4.78 is 0.703. The van der Waals surface area contributed by atoms with E-state index in [0.29, 0.717) is 15.2 Å². The van der Waals surface area contributed by atoms with Crippen LogP contribution < -0.4 is 5.32 Å². The predicted octanol–water partition coefficient (Wildman–Crippen LogP) is 2.35. The average molecular weight is 309 g/mol. The summed E-state index contributed by atoms with van der Waals surface area (Å²) in [5, 5.41) is 21.6. The van der Waals surface area contributed by atoms with Gasteiger partial charge in [-0.25, -0.2) is 4.79 Å². The van der Waals surface area contributed by atoms with Crippen molar-refractivity contribution in [3.63, 3.8) is 0 Å². The molecule has 1 aromatic carbocycles. The summed E-state index contributed by atoms with van der Waals surface area (Å²) in [5.74, 6) is -1.27. The van der Waals surface area contributed by atoms with E-state index >= 15 is 0 Å². The minimum Gasteiger partial charge on any atom is -0.479 e. The number of aliphatic hydroxyl groups is 1. The van der Waals surface area contributed by atoms with E-state index in [0.717, 1.165) is 0 Å². The van der Waals surface area contributed by atoms with Gasteiger partial charge in [-0.05, 0) is 41.1 Å². The van der Waals surface area contributed by atoms with Crippen LogP contribution in [0.3, 0.4) is 0 Å². The molecule has 6 heteroatoms. The fourth-order valence-electron chi connectivity index (χ4n) is 0.956. The molecule has 1 unspecified atom stereocenters. The van der Waals surface area contributed by atoms with Crippen LogP contribution in [0.25, 0.3) is 0 Å². The second kappa shape index (κ2) is 5.03. The van der Waals surface area contributed by atoms with E-state index in [4.69, 9.17) is 16.7 Å². The van der Waals surface area contributed by atoms with Crippen molar-refractivity contribution in [1.29, 1.82) is 0 Å². The van der Waals surface area contributed by atoms with Crippen LogP contribution in [-0.2, 0) is 4.79 Å². The fourth-order valence-corrected chi connectivity index (χ4v) is 1.45. The number of hydrogen-bond donors (Lipinski definition) is 3. The summed E-state index contributed by atoms with van der Waals surface area (Å²) in [5.41, 5.74) is -1.12. The number of carboxylic acid groups (broad SMARTS) is 1. The molecular weight excluding hydrogens is 297 g/mol. The van der Waals surface area contributed by atoms with E-state index in [1.807, 2.05) is 0 Å². The number of carboxylic acids is 1.